The first-order chi connectivity index (χ1) is 10.7. The zero-order valence-electron chi connectivity index (χ0n) is 13.1. The summed E-state index contributed by atoms with van der Waals surface area (Å²) >= 11 is 6.05. The fourth-order valence-electron chi connectivity index (χ4n) is 2.57. The van der Waals surface area contributed by atoms with Crippen LogP contribution in [0.2, 0.25) is 5.02 Å². The molecule has 0 aromatic heterocycles. The molecule has 0 atom stereocenters. The number of carbonyl (C=O) groups excluding carboxylic acids is 1. The van der Waals surface area contributed by atoms with E-state index >= 15 is 0 Å². The number of hydrogen-bond acceptors (Lipinski definition) is 4. The van der Waals surface area contributed by atoms with Gasteiger partial charge in [0.15, 0.2) is 0 Å². The number of rotatable bonds is 6. The summed E-state index contributed by atoms with van der Waals surface area (Å²) in [5.41, 5.74) is 0.520. The normalized spacial score (nSPS) is 15.9. The van der Waals surface area contributed by atoms with Crippen LogP contribution in [0.15, 0.2) is 18.2 Å². The van der Waals surface area contributed by atoms with Crippen molar-refractivity contribution in [2.75, 3.05) is 40.5 Å². The van der Waals surface area contributed by atoms with Crippen molar-refractivity contribution in [2.24, 2.45) is 0 Å². The molecular formula is C16H23ClN2O3. The molecule has 122 valence electrons. The molecule has 0 saturated carbocycles. The highest BCUT2D eigenvalue weighted by molar-refractivity contribution is 6.31. The van der Waals surface area contributed by atoms with Crippen molar-refractivity contribution >= 4 is 17.5 Å². The lowest BCUT2D eigenvalue weighted by Gasteiger charge is -2.32. The Morgan fingerprint density at radius 1 is 1.36 bits per heavy atom. The summed E-state index contributed by atoms with van der Waals surface area (Å²) in [6, 6.07) is 5.64. The van der Waals surface area contributed by atoms with Crippen molar-refractivity contribution in [1.29, 1.82) is 0 Å². The molecule has 0 bridgehead atoms. The van der Waals surface area contributed by atoms with Crippen molar-refractivity contribution in [3.8, 4) is 5.75 Å². The Bertz CT molecular complexity index is 502. The third-order valence-corrected chi connectivity index (χ3v) is 4.14. The Morgan fingerprint density at radius 3 is 2.73 bits per heavy atom. The number of piperidine rings is 1. The highest BCUT2D eigenvalue weighted by Gasteiger charge is 2.25. The van der Waals surface area contributed by atoms with Gasteiger partial charge >= 0.3 is 0 Å². The van der Waals surface area contributed by atoms with E-state index in [4.69, 9.17) is 21.1 Å². The molecule has 1 amide bonds. The average molecular weight is 327 g/mol. The minimum atomic E-state index is -0.0236. The fraction of sp³-hybridized carbons (Fsp3) is 0.562. The number of ether oxygens (including phenoxy) is 2. The predicted octanol–water partition coefficient (Wildman–Crippen LogP) is 2.19. The van der Waals surface area contributed by atoms with E-state index in [9.17, 15) is 4.79 Å². The summed E-state index contributed by atoms with van der Waals surface area (Å²) in [6.07, 6.45) is 1.92. The van der Waals surface area contributed by atoms with E-state index in [1.807, 2.05) is 11.9 Å². The van der Waals surface area contributed by atoms with Gasteiger partial charge in [-0.3, -0.25) is 4.79 Å². The maximum Gasteiger partial charge on any atom is 0.257 e. The number of carbonyl (C=O) groups is 1. The van der Waals surface area contributed by atoms with E-state index in [1.54, 1.807) is 25.3 Å². The maximum atomic E-state index is 12.7. The lowest BCUT2D eigenvalue weighted by atomic mass is 10.0. The van der Waals surface area contributed by atoms with Crippen LogP contribution in [0, 0.1) is 0 Å². The van der Waals surface area contributed by atoms with Crippen LogP contribution in [0.3, 0.4) is 0 Å². The molecule has 1 heterocycles. The van der Waals surface area contributed by atoms with E-state index in [2.05, 4.69) is 5.32 Å². The van der Waals surface area contributed by atoms with Crippen molar-refractivity contribution in [3.05, 3.63) is 28.8 Å². The predicted molar refractivity (Wildman–Crippen MR) is 86.8 cm³/mol. The molecule has 1 aromatic carbocycles. The number of amides is 1. The summed E-state index contributed by atoms with van der Waals surface area (Å²) in [5.74, 6) is 0.534. The van der Waals surface area contributed by atoms with Crippen LogP contribution in [0.1, 0.15) is 23.2 Å². The molecular weight excluding hydrogens is 304 g/mol. The Balaban J connectivity index is 2.09. The molecule has 1 saturated heterocycles. The molecule has 0 radical (unpaired) electrons. The van der Waals surface area contributed by atoms with Gasteiger partial charge in [-0.1, -0.05) is 11.6 Å². The summed E-state index contributed by atoms with van der Waals surface area (Å²) in [5, 5.41) is 3.80. The molecule has 1 aromatic rings. The first-order valence-corrected chi connectivity index (χ1v) is 7.91. The van der Waals surface area contributed by atoms with E-state index in [1.165, 1.54) is 0 Å². The second kappa shape index (κ2) is 8.36. The molecule has 0 aliphatic carbocycles. The first-order valence-electron chi connectivity index (χ1n) is 7.53. The zero-order chi connectivity index (χ0) is 15.9. The van der Waals surface area contributed by atoms with Gasteiger partial charge in [0.05, 0.1) is 12.2 Å². The number of nitrogens with one attached hydrogen (secondary N) is 1. The largest absolute Gasteiger partial charge is 0.490 e. The lowest BCUT2D eigenvalue weighted by molar-refractivity contribution is 0.0700. The maximum absolute atomic E-state index is 12.7. The zero-order valence-corrected chi connectivity index (χ0v) is 13.9. The summed E-state index contributed by atoms with van der Waals surface area (Å²) in [6.45, 7) is 2.37. The monoisotopic (exact) mass is 326 g/mol. The smallest absolute Gasteiger partial charge is 0.257 e. The first kappa shape index (κ1) is 17.1. The average Bonchev–Trinajstić information content (AvgIpc) is 2.56. The number of benzene rings is 1. The fourth-order valence-corrected chi connectivity index (χ4v) is 2.74. The summed E-state index contributed by atoms with van der Waals surface area (Å²) < 4.78 is 10.6. The molecule has 1 fully saturated rings. The Morgan fingerprint density at radius 2 is 2.09 bits per heavy atom. The van der Waals surface area contributed by atoms with Gasteiger partial charge in [-0.2, -0.15) is 0 Å². The van der Waals surface area contributed by atoms with Crippen molar-refractivity contribution in [2.45, 2.75) is 18.9 Å². The molecule has 1 aliphatic rings. The van der Waals surface area contributed by atoms with Gasteiger partial charge < -0.3 is 19.7 Å². The van der Waals surface area contributed by atoms with Crippen LogP contribution in [0.25, 0.3) is 0 Å². The van der Waals surface area contributed by atoms with Crippen LogP contribution in [-0.2, 0) is 4.74 Å². The number of halogens is 1. The van der Waals surface area contributed by atoms with Gasteiger partial charge in [0.2, 0.25) is 0 Å². The van der Waals surface area contributed by atoms with Crippen LogP contribution in [0.4, 0.5) is 0 Å². The Labute approximate surface area is 136 Å². The van der Waals surface area contributed by atoms with Crippen molar-refractivity contribution in [3.63, 3.8) is 0 Å². The van der Waals surface area contributed by atoms with E-state index in [-0.39, 0.29) is 5.91 Å². The van der Waals surface area contributed by atoms with E-state index in [0.717, 1.165) is 25.9 Å². The molecule has 1 N–H and O–H groups in total. The number of hydrogen-bond donors (Lipinski definition) is 1. The van der Waals surface area contributed by atoms with Crippen molar-refractivity contribution in [1.82, 2.24) is 10.2 Å². The van der Waals surface area contributed by atoms with Gasteiger partial charge in [0.25, 0.3) is 5.91 Å². The quantitative estimate of drug-likeness (QED) is 0.814. The standard InChI is InChI=1S/C16H23ClN2O3/c1-18-13-5-7-19(8-6-13)16(20)14-11-12(17)3-4-15(14)22-10-9-21-2/h3-4,11,13,18H,5-10H2,1-2H3. The van der Waals surface area contributed by atoms with E-state index in [0.29, 0.717) is 35.6 Å². The summed E-state index contributed by atoms with van der Waals surface area (Å²) in [4.78, 5) is 14.6. The lowest BCUT2D eigenvalue weighted by Crippen LogP contribution is -2.44. The van der Waals surface area contributed by atoms with Gasteiger partial charge in [-0.15, -0.1) is 0 Å². The minimum Gasteiger partial charge on any atom is -0.490 e. The molecule has 0 spiro atoms. The highest BCUT2D eigenvalue weighted by Crippen LogP contribution is 2.25. The van der Waals surface area contributed by atoms with Crippen LogP contribution >= 0.6 is 11.6 Å². The van der Waals surface area contributed by atoms with Gasteiger partial charge in [-0.25, -0.2) is 0 Å². The van der Waals surface area contributed by atoms with Gasteiger partial charge in [0.1, 0.15) is 12.4 Å². The Kier molecular flexibility index (Phi) is 6.49. The third kappa shape index (κ3) is 4.35. The highest BCUT2D eigenvalue weighted by atomic mass is 35.5. The molecule has 22 heavy (non-hydrogen) atoms. The molecule has 0 unspecified atom stereocenters. The molecule has 1 aliphatic heterocycles. The van der Waals surface area contributed by atoms with E-state index < -0.39 is 0 Å². The van der Waals surface area contributed by atoms with Crippen LogP contribution < -0.4 is 10.1 Å². The molecule has 5 nitrogen and oxygen atoms in total. The molecule has 6 heteroatoms. The SMILES string of the molecule is CNC1CCN(C(=O)c2cc(Cl)ccc2OCCOC)CC1. The third-order valence-electron chi connectivity index (χ3n) is 3.91. The summed E-state index contributed by atoms with van der Waals surface area (Å²) in [7, 11) is 3.57. The number of methoxy groups -OCH3 is 1. The Hall–Kier alpha value is -1.30. The van der Waals surface area contributed by atoms with Crippen molar-refractivity contribution < 1.29 is 14.3 Å². The molecule has 2 rings (SSSR count). The van der Waals surface area contributed by atoms with Crippen LogP contribution in [0.5, 0.6) is 5.75 Å². The number of likely N-dealkylation sites (tertiary alicyclic amines) is 1. The second-order valence-electron chi connectivity index (χ2n) is 5.34. The topological polar surface area (TPSA) is 50.8 Å². The van der Waals surface area contributed by atoms with Gasteiger partial charge in [0, 0.05) is 31.3 Å². The van der Waals surface area contributed by atoms with Crippen LogP contribution in [-0.4, -0.2) is 57.3 Å². The minimum absolute atomic E-state index is 0.0236. The number of nitrogens with zero attached hydrogens (tertiary/aromatic N) is 1. The van der Waals surface area contributed by atoms with Gasteiger partial charge in [-0.05, 0) is 38.1 Å². The second-order valence-corrected chi connectivity index (χ2v) is 5.77.